The summed E-state index contributed by atoms with van der Waals surface area (Å²) in [7, 11) is 1.63. The molecule has 1 aromatic rings. The van der Waals surface area contributed by atoms with Gasteiger partial charge in [-0.25, -0.2) is 0 Å². The molecule has 0 aliphatic carbocycles. The summed E-state index contributed by atoms with van der Waals surface area (Å²) in [6, 6.07) is 5.60. The Bertz CT molecular complexity index is 449. The fraction of sp³-hybridized carbons (Fsp3) is 0.533. The van der Waals surface area contributed by atoms with E-state index in [2.05, 4.69) is 20.8 Å². The van der Waals surface area contributed by atoms with Crippen molar-refractivity contribution in [1.82, 2.24) is 0 Å². The standard InChI is InChI=1S/C15H23NO3/c1-15(2,3)11-9-10(5-7-13(11)19-4)12(17)6-8-14(16)18/h5,7,9,12,17H,6,8H2,1-4H3,(H2,16,18). The van der Waals surface area contributed by atoms with Crippen LogP contribution in [-0.4, -0.2) is 18.1 Å². The molecule has 0 saturated carbocycles. The second-order valence-corrected chi connectivity index (χ2v) is 5.73. The molecule has 4 nitrogen and oxygen atoms in total. The number of nitrogens with two attached hydrogens (primary N) is 1. The minimum absolute atomic E-state index is 0.0786. The maximum Gasteiger partial charge on any atom is 0.217 e. The minimum Gasteiger partial charge on any atom is -0.496 e. The van der Waals surface area contributed by atoms with Gasteiger partial charge in [-0.05, 0) is 35.1 Å². The van der Waals surface area contributed by atoms with Gasteiger partial charge in [0.25, 0.3) is 0 Å². The molecule has 4 heteroatoms. The van der Waals surface area contributed by atoms with Crippen LogP contribution in [0.2, 0.25) is 0 Å². The number of amides is 1. The molecule has 0 bridgehead atoms. The van der Waals surface area contributed by atoms with Crippen LogP contribution in [0.5, 0.6) is 5.75 Å². The van der Waals surface area contributed by atoms with E-state index in [1.165, 1.54) is 0 Å². The molecule has 19 heavy (non-hydrogen) atoms. The molecule has 1 atom stereocenters. The van der Waals surface area contributed by atoms with Gasteiger partial charge in [0.05, 0.1) is 13.2 Å². The van der Waals surface area contributed by atoms with Crippen LogP contribution in [0.3, 0.4) is 0 Å². The lowest BCUT2D eigenvalue weighted by atomic mass is 9.84. The number of primary amides is 1. The zero-order valence-electron chi connectivity index (χ0n) is 12.1. The van der Waals surface area contributed by atoms with Crippen LogP contribution in [0.15, 0.2) is 18.2 Å². The Morgan fingerprint density at radius 2 is 2.05 bits per heavy atom. The van der Waals surface area contributed by atoms with Gasteiger partial charge in [-0.1, -0.05) is 26.8 Å². The Hall–Kier alpha value is -1.55. The Balaban J connectivity index is 3.01. The third-order valence-electron chi connectivity index (χ3n) is 3.08. The number of rotatable bonds is 5. The summed E-state index contributed by atoms with van der Waals surface area (Å²) in [5.41, 5.74) is 6.83. The van der Waals surface area contributed by atoms with Crippen molar-refractivity contribution in [3.05, 3.63) is 29.3 Å². The van der Waals surface area contributed by atoms with Gasteiger partial charge in [0, 0.05) is 6.42 Å². The van der Waals surface area contributed by atoms with E-state index >= 15 is 0 Å². The summed E-state index contributed by atoms with van der Waals surface area (Å²) in [4.78, 5) is 10.8. The predicted octanol–water partition coefficient (Wildman–Crippen LogP) is 2.29. The molecule has 0 aliphatic rings. The van der Waals surface area contributed by atoms with Crippen molar-refractivity contribution in [2.75, 3.05) is 7.11 Å². The quantitative estimate of drug-likeness (QED) is 0.858. The van der Waals surface area contributed by atoms with Gasteiger partial charge in [-0.2, -0.15) is 0 Å². The molecular formula is C15H23NO3. The maximum atomic E-state index is 10.8. The number of aliphatic hydroxyl groups excluding tert-OH is 1. The molecule has 0 aliphatic heterocycles. The van der Waals surface area contributed by atoms with Crippen LogP contribution in [0.4, 0.5) is 0 Å². The highest BCUT2D eigenvalue weighted by Crippen LogP contribution is 2.34. The van der Waals surface area contributed by atoms with Crippen molar-refractivity contribution >= 4 is 5.91 Å². The van der Waals surface area contributed by atoms with E-state index in [0.29, 0.717) is 6.42 Å². The summed E-state index contributed by atoms with van der Waals surface area (Å²) in [6.07, 6.45) is -0.164. The molecule has 1 amide bonds. The highest BCUT2D eigenvalue weighted by molar-refractivity contribution is 5.73. The predicted molar refractivity (Wildman–Crippen MR) is 75.1 cm³/mol. The molecule has 0 radical (unpaired) electrons. The van der Waals surface area contributed by atoms with E-state index < -0.39 is 12.0 Å². The molecule has 0 aromatic heterocycles. The second kappa shape index (κ2) is 6.06. The first-order valence-corrected chi connectivity index (χ1v) is 6.40. The Labute approximate surface area is 114 Å². The molecule has 0 saturated heterocycles. The lowest BCUT2D eigenvalue weighted by Crippen LogP contribution is -2.15. The van der Waals surface area contributed by atoms with Crippen LogP contribution in [0.25, 0.3) is 0 Å². The van der Waals surface area contributed by atoms with Gasteiger partial charge in [0.1, 0.15) is 5.75 Å². The third kappa shape index (κ3) is 4.24. The number of methoxy groups -OCH3 is 1. The maximum absolute atomic E-state index is 10.8. The first kappa shape index (κ1) is 15.5. The molecule has 0 fully saturated rings. The van der Waals surface area contributed by atoms with Crippen LogP contribution < -0.4 is 10.5 Å². The molecule has 0 spiro atoms. The van der Waals surface area contributed by atoms with Gasteiger partial charge in [0.15, 0.2) is 0 Å². The van der Waals surface area contributed by atoms with Gasteiger partial charge >= 0.3 is 0 Å². The Kier molecular flexibility index (Phi) is 4.95. The van der Waals surface area contributed by atoms with Crippen molar-refractivity contribution in [2.45, 2.75) is 45.1 Å². The summed E-state index contributed by atoms with van der Waals surface area (Å²) in [6.45, 7) is 6.26. The normalized spacial score (nSPS) is 13.1. The van der Waals surface area contributed by atoms with Crippen molar-refractivity contribution in [2.24, 2.45) is 5.73 Å². The van der Waals surface area contributed by atoms with E-state index in [4.69, 9.17) is 10.5 Å². The van der Waals surface area contributed by atoms with E-state index in [1.54, 1.807) is 7.11 Å². The zero-order chi connectivity index (χ0) is 14.6. The summed E-state index contributed by atoms with van der Waals surface area (Å²) >= 11 is 0. The van der Waals surface area contributed by atoms with Crippen molar-refractivity contribution in [1.29, 1.82) is 0 Å². The van der Waals surface area contributed by atoms with E-state index in [-0.39, 0.29) is 11.8 Å². The number of benzene rings is 1. The summed E-state index contributed by atoms with van der Waals surface area (Å²) < 4.78 is 5.35. The number of hydrogen-bond acceptors (Lipinski definition) is 3. The zero-order valence-corrected chi connectivity index (χ0v) is 12.1. The molecule has 3 N–H and O–H groups in total. The largest absolute Gasteiger partial charge is 0.496 e. The molecular weight excluding hydrogens is 242 g/mol. The minimum atomic E-state index is -0.681. The Morgan fingerprint density at radius 1 is 1.42 bits per heavy atom. The van der Waals surface area contributed by atoms with Gasteiger partial charge < -0.3 is 15.6 Å². The summed E-state index contributed by atoms with van der Waals surface area (Å²) in [5, 5.41) is 10.1. The molecule has 106 valence electrons. The lowest BCUT2D eigenvalue weighted by Gasteiger charge is -2.24. The average Bonchev–Trinajstić information content (AvgIpc) is 2.34. The Morgan fingerprint density at radius 3 is 2.53 bits per heavy atom. The molecule has 1 rings (SSSR count). The van der Waals surface area contributed by atoms with Gasteiger partial charge in [0.2, 0.25) is 5.91 Å². The van der Waals surface area contributed by atoms with Gasteiger partial charge in [-0.15, -0.1) is 0 Å². The van der Waals surface area contributed by atoms with Gasteiger partial charge in [-0.3, -0.25) is 4.79 Å². The second-order valence-electron chi connectivity index (χ2n) is 5.73. The number of hydrogen-bond donors (Lipinski definition) is 2. The van der Waals surface area contributed by atoms with E-state index in [9.17, 15) is 9.90 Å². The van der Waals surface area contributed by atoms with Crippen molar-refractivity contribution in [3.63, 3.8) is 0 Å². The van der Waals surface area contributed by atoms with E-state index in [0.717, 1.165) is 16.9 Å². The summed E-state index contributed by atoms with van der Waals surface area (Å²) in [5.74, 6) is 0.405. The lowest BCUT2D eigenvalue weighted by molar-refractivity contribution is -0.118. The smallest absolute Gasteiger partial charge is 0.217 e. The van der Waals surface area contributed by atoms with Crippen LogP contribution in [-0.2, 0) is 10.2 Å². The first-order chi connectivity index (χ1) is 8.75. The first-order valence-electron chi connectivity index (χ1n) is 6.40. The molecule has 1 unspecified atom stereocenters. The number of carbonyl (C=O) groups is 1. The molecule has 1 aromatic carbocycles. The van der Waals surface area contributed by atoms with Crippen LogP contribution in [0, 0.1) is 0 Å². The monoisotopic (exact) mass is 265 g/mol. The highest BCUT2D eigenvalue weighted by atomic mass is 16.5. The average molecular weight is 265 g/mol. The van der Waals surface area contributed by atoms with E-state index in [1.807, 2.05) is 18.2 Å². The number of carbonyl (C=O) groups excluding carboxylic acids is 1. The highest BCUT2D eigenvalue weighted by Gasteiger charge is 2.21. The fourth-order valence-corrected chi connectivity index (χ4v) is 1.96. The fourth-order valence-electron chi connectivity index (χ4n) is 1.96. The van der Waals surface area contributed by atoms with Crippen LogP contribution in [0.1, 0.15) is 50.8 Å². The SMILES string of the molecule is COc1ccc(C(O)CCC(N)=O)cc1C(C)(C)C. The van der Waals surface area contributed by atoms with Crippen LogP contribution >= 0.6 is 0 Å². The third-order valence-corrected chi connectivity index (χ3v) is 3.08. The van der Waals surface area contributed by atoms with Crippen molar-refractivity contribution in [3.8, 4) is 5.75 Å². The molecule has 0 heterocycles. The van der Waals surface area contributed by atoms with Crippen molar-refractivity contribution < 1.29 is 14.6 Å². The number of aliphatic hydroxyl groups is 1. The topological polar surface area (TPSA) is 72.6 Å². The number of ether oxygens (including phenoxy) is 1.